The fourth-order valence-corrected chi connectivity index (χ4v) is 3.64. The third kappa shape index (κ3) is 5.71. The number of thioether (sulfide) groups is 1. The summed E-state index contributed by atoms with van der Waals surface area (Å²) in [7, 11) is 1.43. The standard InChI is InChI=1S/C14H27NO3S/c1-10(2)6-11(15)12(8-16)19-9-14(4-5-14)7-13(17)18-3/h10-12,16H,4-9,15H2,1-3H3. The highest BCUT2D eigenvalue weighted by Crippen LogP contribution is 2.51. The number of aliphatic hydroxyl groups is 1. The minimum atomic E-state index is -0.134. The van der Waals surface area contributed by atoms with Crippen LogP contribution >= 0.6 is 11.8 Å². The Bertz CT molecular complexity index is 292. The number of aliphatic hydroxyl groups excluding tert-OH is 1. The van der Waals surface area contributed by atoms with E-state index < -0.39 is 0 Å². The Morgan fingerprint density at radius 3 is 2.53 bits per heavy atom. The van der Waals surface area contributed by atoms with Gasteiger partial charge in [0, 0.05) is 11.3 Å². The van der Waals surface area contributed by atoms with Crippen molar-refractivity contribution >= 4 is 17.7 Å². The van der Waals surface area contributed by atoms with Gasteiger partial charge in [0.2, 0.25) is 0 Å². The fraction of sp³-hybridized carbons (Fsp3) is 0.929. The number of ether oxygens (including phenoxy) is 1. The SMILES string of the molecule is COC(=O)CC1(CSC(CO)C(N)CC(C)C)CC1. The van der Waals surface area contributed by atoms with Crippen molar-refractivity contribution in [1.82, 2.24) is 0 Å². The number of hydrogen-bond donors (Lipinski definition) is 2. The molecular formula is C14H27NO3S. The van der Waals surface area contributed by atoms with Crippen molar-refractivity contribution < 1.29 is 14.6 Å². The largest absolute Gasteiger partial charge is 0.469 e. The van der Waals surface area contributed by atoms with Crippen LogP contribution in [0.5, 0.6) is 0 Å². The van der Waals surface area contributed by atoms with Gasteiger partial charge in [-0.1, -0.05) is 13.8 Å². The summed E-state index contributed by atoms with van der Waals surface area (Å²) in [6.45, 7) is 4.38. The molecule has 1 aliphatic carbocycles. The lowest BCUT2D eigenvalue weighted by molar-refractivity contribution is -0.141. The van der Waals surface area contributed by atoms with Crippen LogP contribution in [0, 0.1) is 11.3 Å². The molecule has 2 atom stereocenters. The van der Waals surface area contributed by atoms with Gasteiger partial charge in [0.05, 0.1) is 20.1 Å². The molecule has 1 aliphatic rings. The number of methoxy groups -OCH3 is 1. The third-order valence-corrected chi connectivity index (χ3v) is 5.41. The highest BCUT2D eigenvalue weighted by molar-refractivity contribution is 8.00. The lowest BCUT2D eigenvalue weighted by Crippen LogP contribution is -2.37. The fourth-order valence-electron chi connectivity index (χ4n) is 2.22. The predicted octanol–water partition coefficient (Wildman–Crippen LogP) is 1.80. The van der Waals surface area contributed by atoms with Crippen molar-refractivity contribution in [2.75, 3.05) is 19.5 Å². The van der Waals surface area contributed by atoms with Gasteiger partial charge < -0.3 is 15.6 Å². The van der Waals surface area contributed by atoms with E-state index in [4.69, 9.17) is 10.5 Å². The van der Waals surface area contributed by atoms with Crippen molar-refractivity contribution in [3.8, 4) is 0 Å². The lowest BCUT2D eigenvalue weighted by Gasteiger charge is -2.25. The van der Waals surface area contributed by atoms with Crippen molar-refractivity contribution in [3.05, 3.63) is 0 Å². The Hall–Kier alpha value is -0.260. The topological polar surface area (TPSA) is 72.5 Å². The smallest absolute Gasteiger partial charge is 0.306 e. The molecule has 0 aromatic rings. The molecule has 4 nitrogen and oxygen atoms in total. The van der Waals surface area contributed by atoms with E-state index in [1.54, 1.807) is 11.8 Å². The van der Waals surface area contributed by atoms with Crippen molar-refractivity contribution in [1.29, 1.82) is 0 Å². The first-order valence-electron chi connectivity index (χ1n) is 6.97. The summed E-state index contributed by atoms with van der Waals surface area (Å²) >= 11 is 1.71. The molecule has 3 N–H and O–H groups in total. The molecule has 0 saturated heterocycles. The molecule has 0 spiro atoms. The van der Waals surface area contributed by atoms with Crippen LogP contribution in [0.1, 0.15) is 39.5 Å². The Morgan fingerprint density at radius 1 is 1.47 bits per heavy atom. The molecule has 1 fully saturated rings. The second kappa shape index (κ2) is 7.50. The highest BCUT2D eigenvalue weighted by Gasteiger charge is 2.45. The minimum Gasteiger partial charge on any atom is -0.469 e. The molecule has 19 heavy (non-hydrogen) atoms. The summed E-state index contributed by atoms with van der Waals surface area (Å²) in [5.74, 6) is 1.29. The zero-order chi connectivity index (χ0) is 14.5. The maximum atomic E-state index is 11.4. The van der Waals surface area contributed by atoms with Crippen molar-refractivity contribution in [3.63, 3.8) is 0 Å². The molecule has 0 aromatic carbocycles. The monoisotopic (exact) mass is 289 g/mol. The van der Waals surface area contributed by atoms with Gasteiger partial charge in [-0.3, -0.25) is 4.79 Å². The van der Waals surface area contributed by atoms with E-state index in [0.29, 0.717) is 12.3 Å². The summed E-state index contributed by atoms with van der Waals surface area (Å²) in [6.07, 6.45) is 3.57. The van der Waals surface area contributed by atoms with Gasteiger partial charge in [-0.25, -0.2) is 0 Å². The summed E-state index contributed by atoms with van der Waals surface area (Å²) < 4.78 is 4.74. The molecule has 0 heterocycles. The van der Waals surface area contributed by atoms with Gasteiger partial charge in [0.1, 0.15) is 0 Å². The molecule has 0 aromatic heterocycles. The maximum Gasteiger partial charge on any atom is 0.306 e. The van der Waals surface area contributed by atoms with Crippen LogP contribution in [-0.4, -0.2) is 41.8 Å². The number of nitrogens with two attached hydrogens (primary N) is 1. The van der Waals surface area contributed by atoms with Crippen LogP contribution in [-0.2, 0) is 9.53 Å². The van der Waals surface area contributed by atoms with E-state index in [2.05, 4.69) is 13.8 Å². The van der Waals surface area contributed by atoms with Gasteiger partial charge in [0.15, 0.2) is 0 Å². The summed E-state index contributed by atoms with van der Waals surface area (Å²) in [5.41, 5.74) is 6.23. The number of carbonyl (C=O) groups is 1. The van der Waals surface area contributed by atoms with Gasteiger partial charge >= 0.3 is 5.97 Å². The van der Waals surface area contributed by atoms with E-state index in [-0.39, 0.29) is 29.3 Å². The Morgan fingerprint density at radius 2 is 2.11 bits per heavy atom. The van der Waals surface area contributed by atoms with E-state index in [1.807, 2.05) is 0 Å². The lowest BCUT2D eigenvalue weighted by atomic mass is 10.0. The molecule has 0 aliphatic heterocycles. The highest BCUT2D eigenvalue weighted by atomic mass is 32.2. The van der Waals surface area contributed by atoms with Gasteiger partial charge in [-0.2, -0.15) is 11.8 Å². The van der Waals surface area contributed by atoms with Crippen LogP contribution in [0.3, 0.4) is 0 Å². The molecule has 1 saturated carbocycles. The second-order valence-corrected chi connectivity index (χ2v) is 7.31. The van der Waals surface area contributed by atoms with E-state index >= 15 is 0 Å². The molecular weight excluding hydrogens is 262 g/mol. The third-order valence-electron chi connectivity index (χ3n) is 3.71. The van der Waals surface area contributed by atoms with Gasteiger partial charge in [-0.15, -0.1) is 0 Å². The molecule has 1 rings (SSSR count). The first-order chi connectivity index (χ1) is 8.92. The Balaban J connectivity index is 2.38. The van der Waals surface area contributed by atoms with Crippen LogP contribution in [0.25, 0.3) is 0 Å². The summed E-state index contributed by atoms with van der Waals surface area (Å²) in [5, 5.41) is 9.53. The first-order valence-corrected chi connectivity index (χ1v) is 8.02. The zero-order valence-electron chi connectivity index (χ0n) is 12.2. The Labute approximate surface area is 120 Å². The number of rotatable bonds is 9. The maximum absolute atomic E-state index is 11.4. The average Bonchev–Trinajstić information content (AvgIpc) is 3.09. The van der Waals surface area contributed by atoms with E-state index in [1.165, 1.54) is 7.11 Å². The number of carbonyl (C=O) groups excluding carboxylic acids is 1. The quantitative estimate of drug-likeness (QED) is 0.633. The molecule has 0 bridgehead atoms. The van der Waals surface area contributed by atoms with Crippen LogP contribution < -0.4 is 5.73 Å². The molecule has 5 heteroatoms. The van der Waals surface area contributed by atoms with E-state index in [0.717, 1.165) is 25.0 Å². The number of hydrogen-bond acceptors (Lipinski definition) is 5. The number of esters is 1. The normalized spacial score (nSPS) is 20.1. The second-order valence-electron chi connectivity index (χ2n) is 6.08. The van der Waals surface area contributed by atoms with Gasteiger partial charge in [0.25, 0.3) is 0 Å². The predicted molar refractivity (Wildman–Crippen MR) is 79.1 cm³/mol. The molecule has 112 valence electrons. The van der Waals surface area contributed by atoms with Gasteiger partial charge in [-0.05, 0) is 36.3 Å². The summed E-state index contributed by atoms with van der Waals surface area (Å²) in [6, 6.07) is 0.0175. The first kappa shape index (κ1) is 16.8. The molecule has 0 radical (unpaired) electrons. The van der Waals surface area contributed by atoms with Crippen LogP contribution in [0.4, 0.5) is 0 Å². The Kier molecular flexibility index (Phi) is 6.63. The van der Waals surface area contributed by atoms with Crippen LogP contribution in [0.15, 0.2) is 0 Å². The van der Waals surface area contributed by atoms with E-state index in [9.17, 15) is 9.90 Å². The van der Waals surface area contributed by atoms with Crippen LogP contribution in [0.2, 0.25) is 0 Å². The minimum absolute atomic E-state index is 0.0175. The van der Waals surface area contributed by atoms with Crippen molar-refractivity contribution in [2.24, 2.45) is 17.1 Å². The summed E-state index contributed by atoms with van der Waals surface area (Å²) in [4.78, 5) is 11.4. The molecule has 2 unspecified atom stereocenters. The molecule has 0 amide bonds. The average molecular weight is 289 g/mol. The van der Waals surface area contributed by atoms with Crippen molar-refractivity contribution in [2.45, 2.75) is 50.8 Å². The zero-order valence-corrected chi connectivity index (χ0v) is 13.0.